The number of esters is 1. The van der Waals surface area contributed by atoms with Gasteiger partial charge in [0.05, 0.1) is 0 Å². The normalized spacial score (nSPS) is 18.0. The van der Waals surface area contributed by atoms with Gasteiger partial charge in [-0.3, -0.25) is 4.79 Å². The summed E-state index contributed by atoms with van der Waals surface area (Å²) in [5, 5.41) is 0.604. The number of ketones is 1. The second-order valence-corrected chi connectivity index (χ2v) is 5.97. The zero-order chi connectivity index (χ0) is 16.4. The molecule has 1 fully saturated rings. The number of aromatic nitrogens is 1. The molecule has 1 aliphatic carbocycles. The number of carbonyl (C=O) groups is 2. The number of nitrogens with zero attached hydrogens (tertiary/aromatic N) is 1. The van der Waals surface area contributed by atoms with E-state index in [1.54, 1.807) is 31.2 Å². The number of hydrogen-bond acceptors (Lipinski definition) is 5. The Morgan fingerprint density at radius 2 is 2.04 bits per heavy atom. The topological polar surface area (TPSA) is 69.4 Å². The van der Waals surface area contributed by atoms with Crippen molar-refractivity contribution in [3.05, 3.63) is 40.7 Å². The standard InChI is InChI=1S/C17H16ClNO4/c1-10-15(17(21)23-14-5-3-2-4-13(14)20)19-16(22-10)11-6-8-12(18)9-7-11/h6-9,14H,2-5H2,1H3/t14-/m0/s1. The molecule has 1 atom stereocenters. The predicted molar refractivity (Wildman–Crippen MR) is 84.4 cm³/mol. The average molecular weight is 334 g/mol. The molecule has 1 heterocycles. The fraction of sp³-hybridized carbons (Fsp3) is 0.353. The van der Waals surface area contributed by atoms with Gasteiger partial charge in [-0.1, -0.05) is 11.6 Å². The van der Waals surface area contributed by atoms with Crippen LogP contribution in [0.2, 0.25) is 5.02 Å². The summed E-state index contributed by atoms with van der Waals surface area (Å²) in [6.45, 7) is 1.64. The predicted octanol–water partition coefficient (Wildman–Crippen LogP) is 3.97. The van der Waals surface area contributed by atoms with E-state index in [1.807, 2.05) is 0 Å². The highest BCUT2D eigenvalue weighted by molar-refractivity contribution is 6.30. The third kappa shape index (κ3) is 3.45. The minimum Gasteiger partial charge on any atom is -0.450 e. The molecule has 1 aromatic carbocycles. The zero-order valence-electron chi connectivity index (χ0n) is 12.7. The first-order chi connectivity index (χ1) is 11.0. The maximum Gasteiger partial charge on any atom is 0.361 e. The Morgan fingerprint density at radius 3 is 2.74 bits per heavy atom. The number of aryl methyl sites for hydroxylation is 1. The van der Waals surface area contributed by atoms with E-state index in [-0.39, 0.29) is 11.5 Å². The van der Waals surface area contributed by atoms with Crippen LogP contribution in [0.1, 0.15) is 41.9 Å². The number of hydrogen-bond donors (Lipinski definition) is 0. The maximum absolute atomic E-state index is 12.3. The number of carbonyl (C=O) groups excluding carboxylic acids is 2. The number of halogens is 1. The van der Waals surface area contributed by atoms with Crippen LogP contribution in [-0.4, -0.2) is 22.8 Å². The van der Waals surface area contributed by atoms with Gasteiger partial charge in [-0.2, -0.15) is 0 Å². The molecule has 23 heavy (non-hydrogen) atoms. The van der Waals surface area contributed by atoms with Crippen molar-refractivity contribution in [1.82, 2.24) is 4.98 Å². The summed E-state index contributed by atoms with van der Waals surface area (Å²) in [5.41, 5.74) is 0.818. The van der Waals surface area contributed by atoms with Gasteiger partial charge in [-0.25, -0.2) is 9.78 Å². The highest BCUT2D eigenvalue weighted by atomic mass is 35.5. The fourth-order valence-electron chi connectivity index (χ4n) is 2.56. The second kappa shape index (κ2) is 6.54. The van der Waals surface area contributed by atoms with Gasteiger partial charge in [0.15, 0.2) is 17.6 Å². The average Bonchev–Trinajstić information content (AvgIpc) is 2.92. The van der Waals surface area contributed by atoms with Gasteiger partial charge in [-0.05, 0) is 50.5 Å². The molecule has 0 radical (unpaired) electrons. The van der Waals surface area contributed by atoms with Crippen LogP contribution in [0.3, 0.4) is 0 Å². The molecule has 1 saturated carbocycles. The third-order valence-electron chi connectivity index (χ3n) is 3.83. The first-order valence-corrected chi connectivity index (χ1v) is 7.89. The summed E-state index contributed by atoms with van der Waals surface area (Å²) in [7, 11) is 0. The van der Waals surface area contributed by atoms with Crippen LogP contribution in [0.4, 0.5) is 0 Å². The summed E-state index contributed by atoms with van der Waals surface area (Å²) >= 11 is 5.85. The molecular weight excluding hydrogens is 318 g/mol. The van der Waals surface area contributed by atoms with Gasteiger partial charge in [-0.15, -0.1) is 0 Å². The molecular formula is C17H16ClNO4. The third-order valence-corrected chi connectivity index (χ3v) is 4.08. The molecule has 0 bridgehead atoms. The molecule has 0 saturated heterocycles. The lowest BCUT2D eigenvalue weighted by Gasteiger charge is -2.20. The van der Waals surface area contributed by atoms with E-state index < -0.39 is 12.1 Å². The largest absolute Gasteiger partial charge is 0.450 e. The molecule has 0 unspecified atom stereocenters. The van der Waals surface area contributed by atoms with Crippen LogP contribution < -0.4 is 0 Å². The van der Waals surface area contributed by atoms with Crippen molar-refractivity contribution < 1.29 is 18.7 Å². The Labute approximate surface area is 138 Å². The quantitative estimate of drug-likeness (QED) is 0.795. The Balaban J connectivity index is 1.78. The van der Waals surface area contributed by atoms with Crippen molar-refractivity contribution in [2.45, 2.75) is 38.7 Å². The Morgan fingerprint density at radius 1 is 1.30 bits per heavy atom. The second-order valence-electron chi connectivity index (χ2n) is 5.54. The van der Waals surface area contributed by atoms with Crippen molar-refractivity contribution in [3.63, 3.8) is 0 Å². The van der Waals surface area contributed by atoms with Crippen molar-refractivity contribution in [2.75, 3.05) is 0 Å². The number of oxazole rings is 1. The lowest BCUT2D eigenvalue weighted by molar-refractivity contribution is -0.129. The number of Topliss-reactive ketones (excluding diaryl/α,β-unsaturated/α-hetero) is 1. The minimum atomic E-state index is -0.661. The van der Waals surface area contributed by atoms with Crippen molar-refractivity contribution in [2.24, 2.45) is 0 Å². The van der Waals surface area contributed by atoms with Gasteiger partial charge >= 0.3 is 5.97 Å². The van der Waals surface area contributed by atoms with Gasteiger partial charge in [0, 0.05) is 17.0 Å². The van der Waals surface area contributed by atoms with Crippen molar-refractivity contribution in [3.8, 4) is 11.5 Å². The molecule has 120 valence electrons. The van der Waals surface area contributed by atoms with Crippen LogP contribution in [0, 0.1) is 6.92 Å². The van der Waals surface area contributed by atoms with Gasteiger partial charge in [0.2, 0.25) is 5.89 Å². The Bertz CT molecular complexity index is 736. The first-order valence-electron chi connectivity index (χ1n) is 7.51. The van der Waals surface area contributed by atoms with E-state index >= 15 is 0 Å². The van der Waals surface area contributed by atoms with E-state index in [0.717, 1.165) is 12.8 Å². The van der Waals surface area contributed by atoms with Crippen LogP contribution in [-0.2, 0) is 9.53 Å². The van der Waals surface area contributed by atoms with Gasteiger partial charge < -0.3 is 9.15 Å². The summed E-state index contributed by atoms with van der Waals surface area (Å²) in [6, 6.07) is 6.95. The lowest BCUT2D eigenvalue weighted by atomic mass is 9.96. The summed E-state index contributed by atoms with van der Waals surface area (Å²) in [6.07, 6.45) is 2.12. The van der Waals surface area contributed by atoms with Crippen LogP contribution in [0.15, 0.2) is 28.7 Å². The van der Waals surface area contributed by atoms with Gasteiger partial charge in [0.25, 0.3) is 0 Å². The van der Waals surface area contributed by atoms with E-state index in [2.05, 4.69) is 4.98 Å². The van der Waals surface area contributed by atoms with E-state index in [0.29, 0.717) is 35.1 Å². The van der Waals surface area contributed by atoms with Crippen LogP contribution >= 0.6 is 11.6 Å². The fourth-order valence-corrected chi connectivity index (χ4v) is 2.69. The van der Waals surface area contributed by atoms with Crippen LogP contribution in [0.5, 0.6) is 0 Å². The molecule has 0 amide bonds. The van der Waals surface area contributed by atoms with E-state index in [1.165, 1.54) is 0 Å². The van der Waals surface area contributed by atoms with E-state index in [9.17, 15) is 9.59 Å². The lowest BCUT2D eigenvalue weighted by Crippen LogP contribution is -2.30. The zero-order valence-corrected chi connectivity index (χ0v) is 13.4. The van der Waals surface area contributed by atoms with Gasteiger partial charge in [0.1, 0.15) is 5.76 Å². The first kappa shape index (κ1) is 15.7. The summed E-state index contributed by atoms with van der Waals surface area (Å²) in [4.78, 5) is 28.2. The number of ether oxygens (including phenoxy) is 1. The Kier molecular flexibility index (Phi) is 4.48. The smallest absolute Gasteiger partial charge is 0.361 e. The number of benzene rings is 1. The molecule has 0 aliphatic heterocycles. The molecule has 2 aromatic rings. The highest BCUT2D eigenvalue weighted by Gasteiger charge is 2.28. The molecule has 1 aliphatic rings. The van der Waals surface area contributed by atoms with Crippen molar-refractivity contribution in [1.29, 1.82) is 0 Å². The molecule has 5 nitrogen and oxygen atoms in total. The highest BCUT2D eigenvalue weighted by Crippen LogP contribution is 2.25. The molecule has 0 N–H and O–H groups in total. The Hall–Kier alpha value is -2.14. The van der Waals surface area contributed by atoms with E-state index in [4.69, 9.17) is 20.8 Å². The molecule has 3 rings (SSSR count). The monoisotopic (exact) mass is 333 g/mol. The van der Waals surface area contributed by atoms with Crippen LogP contribution in [0.25, 0.3) is 11.5 Å². The molecule has 6 heteroatoms. The molecule has 0 spiro atoms. The number of rotatable bonds is 3. The minimum absolute atomic E-state index is 0.0244. The SMILES string of the molecule is Cc1oc(-c2ccc(Cl)cc2)nc1C(=O)O[C@H]1CCCCC1=O. The summed E-state index contributed by atoms with van der Waals surface area (Å²) in [5.74, 6) is 0.0414. The maximum atomic E-state index is 12.3. The molecule has 1 aromatic heterocycles. The van der Waals surface area contributed by atoms with Crippen molar-refractivity contribution >= 4 is 23.4 Å². The summed E-state index contributed by atoms with van der Waals surface area (Å²) < 4.78 is 10.8.